The van der Waals surface area contributed by atoms with Gasteiger partial charge in [0.05, 0.1) is 29.8 Å². The maximum atomic E-state index is 10.7. The number of carboxylic acids is 1. The molecule has 1 aromatic heterocycles. The lowest BCUT2D eigenvalue weighted by atomic mass is 10.2. The summed E-state index contributed by atoms with van der Waals surface area (Å²) in [5.74, 6) is 1.59. The minimum Gasteiger partial charge on any atom is -0.480 e. The topological polar surface area (TPSA) is 53.4 Å². The van der Waals surface area contributed by atoms with Crippen molar-refractivity contribution in [1.29, 1.82) is 0 Å². The third-order valence-electron chi connectivity index (χ3n) is 2.25. The second kappa shape index (κ2) is 5.64. The highest BCUT2D eigenvalue weighted by atomic mass is 32.1. The van der Waals surface area contributed by atoms with Crippen molar-refractivity contribution in [3.8, 4) is 12.3 Å². The molecule has 0 amide bonds. The zero-order chi connectivity index (χ0) is 12.1. The first kappa shape index (κ1) is 12.7. The van der Waals surface area contributed by atoms with Crippen LogP contribution in [-0.4, -0.2) is 34.0 Å². The van der Waals surface area contributed by atoms with Gasteiger partial charge in [-0.25, -0.2) is 4.98 Å². The SMILES string of the molecule is C#CCN(CC(=O)O)C(C)c1csc(C)n1. The van der Waals surface area contributed by atoms with E-state index >= 15 is 0 Å². The van der Waals surface area contributed by atoms with Crippen molar-refractivity contribution in [2.24, 2.45) is 0 Å². The number of rotatable bonds is 5. The quantitative estimate of drug-likeness (QED) is 0.790. The van der Waals surface area contributed by atoms with E-state index in [1.54, 1.807) is 16.2 Å². The van der Waals surface area contributed by atoms with Crippen LogP contribution in [0, 0.1) is 19.3 Å². The summed E-state index contributed by atoms with van der Waals surface area (Å²) in [7, 11) is 0. The average molecular weight is 238 g/mol. The summed E-state index contributed by atoms with van der Waals surface area (Å²) in [5.41, 5.74) is 0.874. The Balaban J connectivity index is 2.78. The van der Waals surface area contributed by atoms with Crippen molar-refractivity contribution >= 4 is 17.3 Å². The number of carbonyl (C=O) groups is 1. The zero-order valence-electron chi connectivity index (χ0n) is 9.30. The number of terminal acetylenes is 1. The summed E-state index contributed by atoms with van der Waals surface area (Å²) in [6.45, 7) is 4.07. The second-order valence-electron chi connectivity index (χ2n) is 3.47. The van der Waals surface area contributed by atoms with Gasteiger partial charge in [-0.1, -0.05) is 5.92 Å². The number of thiazole rings is 1. The van der Waals surface area contributed by atoms with E-state index in [1.165, 1.54) is 0 Å². The lowest BCUT2D eigenvalue weighted by Gasteiger charge is -2.23. The molecule has 0 aliphatic rings. The molecule has 0 aliphatic carbocycles. The van der Waals surface area contributed by atoms with Gasteiger partial charge < -0.3 is 5.11 Å². The standard InChI is InChI=1S/C11H14N2O2S/c1-4-5-13(6-11(14)15)8(2)10-7-16-9(3)12-10/h1,7-8H,5-6H2,2-3H3,(H,14,15). The van der Waals surface area contributed by atoms with E-state index in [0.29, 0.717) is 6.54 Å². The minimum atomic E-state index is -0.881. The van der Waals surface area contributed by atoms with Gasteiger partial charge in [-0.2, -0.15) is 0 Å². The van der Waals surface area contributed by atoms with E-state index in [4.69, 9.17) is 11.5 Å². The van der Waals surface area contributed by atoms with Crippen LogP contribution in [0.15, 0.2) is 5.38 Å². The average Bonchev–Trinajstić information content (AvgIpc) is 2.62. The second-order valence-corrected chi connectivity index (χ2v) is 4.53. The van der Waals surface area contributed by atoms with Gasteiger partial charge >= 0.3 is 5.97 Å². The van der Waals surface area contributed by atoms with Crippen LogP contribution in [0.1, 0.15) is 23.7 Å². The molecule has 1 N–H and O–H groups in total. The molecule has 0 aliphatic heterocycles. The largest absolute Gasteiger partial charge is 0.480 e. The number of nitrogens with zero attached hydrogens (tertiary/aromatic N) is 2. The number of aryl methyl sites for hydroxylation is 1. The number of hydrogen-bond acceptors (Lipinski definition) is 4. The molecule has 16 heavy (non-hydrogen) atoms. The van der Waals surface area contributed by atoms with Crippen LogP contribution in [0.2, 0.25) is 0 Å². The van der Waals surface area contributed by atoms with Gasteiger partial charge in [-0.05, 0) is 13.8 Å². The molecule has 1 unspecified atom stereocenters. The highest BCUT2D eigenvalue weighted by Crippen LogP contribution is 2.21. The lowest BCUT2D eigenvalue weighted by Crippen LogP contribution is -2.32. The van der Waals surface area contributed by atoms with Crippen LogP contribution in [0.5, 0.6) is 0 Å². The fourth-order valence-electron chi connectivity index (χ4n) is 1.38. The first-order valence-corrected chi connectivity index (χ1v) is 5.74. The first-order valence-electron chi connectivity index (χ1n) is 4.86. The molecule has 86 valence electrons. The Labute approximate surface area is 98.9 Å². The van der Waals surface area contributed by atoms with Gasteiger partial charge in [0.15, 0.2) is 0 Å². The number of aliphatic carboxylic acids is 1. The predicted octanol–water partition coefficient (Wildman–Crippen LogP) is 1.53. The smallest absolute Gasteiger partial charge is 0.317 e. The molecule has 5 heteroatoms. The van der Waals surface area contributed by atoms with E-state index < -0.39 is 5.97 Å². The normalized spacial score (nSPS) is 12.4. The Bertz CT molecular complexity index is 408. The summed E-state index contributed by atoms with van der Waals surface area (Å²) in [5, 5.41) is 11.7. The van der Waals surface area contributed by atoms with Crippen LogP contribution < -0.4 is 0 Å². The monoisotopic (exact) mass is 238 g/mol. The van der Waals surface area contributed by atoms with Crippen molar-refractivity contribution in [2.75, 3.05) is 13.1 Å². The molecule has 0 spiro atoms. The molecule has 1 atom stereocenters. The van der Waals surface area contributed by atoms with Gasteiger partial charge in [0.1, 0.15) is 0 Å². The number of carboxylic acid groups (broad SMARTS) is 1. The van der Waals surface area contributed by atoms with E-state index in [1.807, 2.05) is 19.2 Å². The summed E-state index contributed by atoms with van der Waals surface area (Å²) >= 11 is 1.55. The van der Waals surface area contributed by atoms with Gasteiger partial charge in [-0.3, -0.25) is 9.69 Å². The molecule has 0 fully saturated rings. The van der Waals surface area contributed by atoms with Crippen molar-refractivity contribution < 1.29 is 9.90 Å². The molecular weight excluding hydrogens is 224 g/mol. The Morgan fingerprint density at radius 3 is 2.94 bits per heavy atom. The molecule has 0 saturated carbocycles. The van der Waals surface area contributed by atoms with E-state index in [-0.39, 0.29) is 12.6 Å². The Morgan fingerprint density at radius 2 is 2.50 bits per heavy atom. The van der Waals surface area contributed by atoms with Crippen LogP contribution >= 0.6 is 11.3 Å². The van der Waals surface area contributed by atoms with Crippen molar-refractivity contribution in [1.82, 2.24) is 9.88 Å². The highest BCUT2D eigenvalue weighted by molar-refractivity contribution is 7.09. The van der Waals surface area contributed by atoms with Crippen LogP contribution in [0.3, 0.4) is 0 Å². The third-order valence-corrected chi connectivity index (χ3v) is 3.04. The molecule has 1 aromatic rings. The van der Waals surface area contributed by atoms with Crippen LogP contribution in [-0.2, 0) is 4.79 Å². The number of aromatic nitrogens is 1. The minimum absolute atomic E-state index is 0.0675. The fraction of sp³-hybridized carbons (Fsp3) is 0.455. The van der Waals surface area contributed by atoms with Crippen molar-refractivity contribution in [2.45, 2.75) is 19.9 Å². The van der Waals surface area contributed by atoms with Crippen molar-refractivity contribution in [3.63, 3.8) is 0 Å². The van der Waals surface area contributed by atoms with E-state index in [9.17, 15) is 4.79 Å². The van der Waals surface area contributed by atoms with Gasteiger partial charge in [-0.15, -0.1) is 17.8 Å². The first-order chi connectivity index (χ1) is 7.54. The Morgan fingerprint density at radius 1 is 1.81 bits per heavy atom. The highest BCUT2D eigenvalue weighted by Gasteiger charge is 2.19. The summed E-state index contributed by atoms with van der Waals surface area (Å²) in [6.07, 6.45) is 5.22. The Kier molecular flexibility index (Phi) is 4.47. The summed E-state index contributed by atoms with van der Waals surface area (Å²) < 4.78 is 0. The van der Waals surface area contributed by atoms with Gasteiger partial charge in [0, 0.05) is 5.38 Å². The maximum Gasteiger partial charge on any atom is 0.317 e. The predicted molar refractivity (Wildman–Crippen MR) is 63.3 cm³/mol. The molecule has 0 bridgehead atoms. The van der Waals surface area contributed by atoms with Crippen LogP contribution in [0.25, 0.3) is 0 Å². The van der Waals surface area contributed by atoms with E-state index in [0.717, 1.165) is 10.7 Å². The zero-order valence-corrected chi connectivity index (χ0v) is 10.1. The molecule has 0 radical (unpaired) electrons. The summed E-state index contributed by atoms with van der Waals surface area (Å²) in [6, 6.07) is -0.0721. The molecule has 0 aromatic carbocycles. The molecule has 1 rings (SSSR count). The third kappa shape index (κ3) is 3.33. The maximum absolute atomic E-state index is 10.7. The Hall–Kier alpha value is -1.38. The van der Waals surface area contributed by atoms with Crippen LogP contribution in [0.4, 0.5) is 0 Å². The molecule has 0 saturated heterocycles. The van der Waals surface area contributed by atoms with Gasteiger partial charge in [0.25, 0.3) is 0 Å². The molecule has 4 nitrogen and oxygen atoms in total. The fourth-order valence-corrected chi connectivity index (χ4v) is 2.08. The van der Waals surface area contributed by atoms with E-state index in [2.05, 4.69) is 10.9 Å². The summed E-state index contributed by atoms with van der Waals surface area (Å²) in [4.78, 5) is 16.7. The van der Waals surface area contributed by atoms with Gasteiger partial charge in [0.2, 0.25) is 0 Å². The lowest BCUT2D eigenvalue weighted by molar-refractivity contribution is -0.138. The number of hydrogen-bond donors (Lipinski definition) is 1. The molecular formula is C11H14N2O2S. The molecule has 1 heterocycles. The van der Waals surface area contributed by atoms with Crippen molar-refractivity contribution in [3.05, 3.63) is 16.1 Å².